The minimum Gasteiger partial charge on any atom is -0.374 e. The Hall–Kier alpha value is -2.38. The normalized spacial score (nSPS) is 26.2. The summed E-state index contributed by atoms with van der Waals surface area (Å²) in [5.41, 5.74) is 1.37. The highest BCUT2D eigenvalue weighted by molar-refractivity contribution is 5.92. The van der Waals surface area contributed by atoms with Crippen molar-refractivity contribution < 1.29 is 9.53 Å². The zero-order valence-corrected chi connectivity index (χ0v) is 13.9. The van der Waals surface area contributed by atoms with Gasteiger partial charge < -0.3 is 10.1 Å². The number of fused-ring (bicyclic) bond motifs is 1. The second kappa shape index (κ2) is 7.25. The molecule has 7 nitrogen and oxygen atoms in total. The molecule has 0 spiro atoms. The quantitative estimate of drug-likeness (QED) is 0.896. The third kappa shape index (κ3) is 3.52. The molecule has 2 aromatic heterocycles. The van der Waals surface area contributed by atoms with Gasteiger partial charge in [-0.15, -0.1) is 0 Å². The fourth-order valence-electron chi connectivity index (χ4n) is 3.72. The van der Waals surface area contributed by atoms with Crippen LogP contribution in [0, 0.1) is 0 Å². The van der Waals surface area contributed by atoms with E-state index >= 15 is 0 Å². The van der Waals surface area contributed by atoms with Crippen LogP contribution in [0.5, 0.6) is 0 Å². The molecular formula is C18H21N5O2. The molecule has 1 amide bonds. The highest BCUT2D eigenvalue weighted by Crippen LogP contribution is 2.30. The van der Waals surface area contributed by atoms with E-state index in [-0.39, 0.29) is 18.1 Å². The fourth-order valence-corrected chi connectivity index (χ4v) is 3.72. The predicted molar refractivity (Wildman–Crippen MR) is 90.7 cm³/mol. The summed E-state index contributed by atoms with van der Waals surface area (Å²) < 4.78 is 6.01. The number of likely N-dealkylation sites (tertiary alicyclic amines) is 1. The van der Waals surface area contributed by atoms with E-state index in [9.17, 15) is 4.79 Å². The number of nitrogens with one attached hydrogen (secondary N) is 1. The minimum absolute atomic E-state index is 0.0121. The van der Waals surface area contributed by atoms with Crippen molar-refractivity contribution in [3.8, 4) is 0 Å². The van der Waals surface area contributed by atoms with Crippen LogP contribution >= 0.6 is 0 Å². The summed E-state index contributed by atoms with van der Waals surface area (Å²) in [5, 5.41) is 3.08. The Bertz CT molecular complexity index is 712. The van der Waals surface area contributed by atoms with E-state index in [1.165, 1.54) is 12.4 Å². The van der Waals surface area contributed by atoms with E-state index in [1.807, 2.05) is 24.4 Å². The van der Waals surface area contributed by atoms with Crippen molar-refractivity contribution in [1.82, 2.24) is 25.2 Å². The maximum Gasteiger partial charge on any atom is 0.271 e. The summed E-state index contributed by atoms with van der Waals surface area (Å²) in [6.07, 6.45) is 8.51. The van der Waals surface area contributed by atoms with Crippen molar-refractivity contribution in [2.24, 2.45) is 0 Å². The van der Waals surface area contributed by atoms with Crippen molar-refractivity contribution in [1.29, 1.82) is 0 Å². The molecule has 0 bridgehead atoms. The van der Waals surface area contributed by atoms with Gasteiger partial charge in [0.05, 0.1) is 24.0 Å². The maximum absolute atomic E-state index is 12.4. The molecule has 25 heavy (non-hydrogen) atoms. The monoisotopic (exact) mass is 339 g/mol. The molecule has 2 aliphatic rings. The van der Waals surface area contributed by atoms with Crippen molar-refractivity contribution >= 4 is 5.91 Å². The number of pyridine rings is 1. The number of ether oxygens (including phenoxy) is 1. The number of carbonyl (C=O) groups excluding carboxylic acids is 1. The first kappa shape index (κ1) is 16.1. The molecule has 0 unspecified atom stereocenters. The van der Waals surface area contributed by atoms with E-state index in [0.29, 0.717) is 11.7 Å². The summed E-state index contributed by atoms with van der Waals surface area (Å²) in [6, 6.07) is 6.21. The Kier molecular flexibility index (Phi) is 4.67. The second-order valence-corrected chi connectivity index (χ2v) is 6.47. The minimum atomic E-state index is -0.203. The fraction of sp³-hybridized carbons (Fsp3) is 0.444. The van der Waals surface area contributed by atoms with Gasteiger partial charge in [0.15, 0.2) is 0 Å². The van der Waals surface area contributed by atoms with Gasteiger partial charge in [-0.05, 0) is 25.0 Å². The number of hydrogen-bond donors (Lipinski definition) is 1. The lowest BCUT2D eigenvalue weighted by Gasteiger charge is -2.32. The van der Waals surface area contributed by atoms with Gasteiger partial charge in [0.1, 0.15) is 5.69 Å². The summed E-state index contributed by atoms with van der Waals surface area (Å²) >= 11 is 0. The van der Waals surface area contributed by atoms with Crippen molar-refractivity contribution in [2.45, 2.75) is 37.6 Å². The number of nitrogens with zero attached hydrogens (tertiary/aromatic N) is 4. The van der Waals surface area contributed by atoms with Crippen molar-refractivity contribution in [2.75, 3.05) is 13.2 Å². The highest BCUT2D eigenvalue weighted by Gasteiger charge is 2.44. The molecule has 0 radical (unpaired) electrons. The zero-order valence-electron chi connectivity index (χ0n) is 13.9. The largest absolute Gasteiger partial charge is 0.374 e. The molecule has 2 saturated heterocycles. The first-order chi connectivity index (χ1) is 12.3. The molecule has 1 N–H and O–H groups in total. The summed E-state index contributed by atoms with van der Waals surface area (Å²) in [6.45, 7) is 2.26. The van der Waals surface area contributed by atoms with Crippen LogP contribution in [0.15, 0.2) is 43.0 Å². The highest BCUT2D eigenvalue weighted by atomic mass is 16.5. The van der Waals surface area contributed by atoms with Crippen LogP contribution in [0.4, 0.5) is 0 Å². The predicted octanol–water partition coefficient (Wildman–Crippen LogP) is 1.03. The molecule has 7 heteroatoms. The average molecular weight is 339 g/mol. The first-order valence-electron chi connectivity index (χ1n) is 8.64. The lowest BCUT2D eigenvalue weighted by Crippen LogP contribution is -2.47. The van der Waals surface area contributed by atoms with E-state index in [0.717, 1.165) is 38.2 Å². The standard InChI is InChI=1S/C18H21N5O2/c24-18(14-10-19-7-8-21-14)22-15-12-23(11-13-4-1-2-6-20-13)16-5-3-9-25-17(15)16/h1-2,4,6-8,10,15-17H,3,5,9,11-12H2,(H,22,24)/t15-,16-,17-/m1/s1. The Morgan fingerprint density at radius 3 is 3.04 bits per heavy atom. The van der Waals surface area contributed by atoms with Gasteiger partial charge in [-0.3, -0.25) is 19.7 Å². The molecule has 4 rings (SSSR count). The van der Waals surface area contributed by atoms with Crippen LogP contribution in [-0.2, 0) is 11.3 Å². The lowest BCUT2D eigenvalue weighted by molar-refractivity contribution is -0.0213. The SMILES string of the molecule is O=C(N[C@@H]1CN(Cc2ccccn2)[C@@H]2CCCO[C@@H]21)c1cnccn1. The van der Waals surface area contributed by atoms with Crippen LogP contribution in [0.2, 0.25) is 0 Å². The number of rotatable bonds is 4. The molecule has 0 aromatic carbocycles. The van der Waals surface area contributed by atoms with Crippen LogP contribution in [-0.4, -0.2) is 57.1 Å². The van der Waals surface area contributed by atoms with E-state index in [4.69, 9.17) is 4.74 Å². The third-order valence-corrected chi connectivity index (χ3v) is 4.83. The lowest BCUT2D eigenvalue weighted by atomic mass is 10.0. The van der Waals surface area contributed by atoms with Gasteiger partial charge in [-0.2, -0.15) is 0 Å². The Labute approximate surface area is 146 Å². The van der Waals surface area contributed by atoms with Gasteiger partial charge >= 0.3 is 0 Å². The summed E-state index contributed by atoms with van der Waals surface area (Å²) in [4.78, 5) is 27.3. The van der Waals surface area contributed by atoms with Crippen molar-refractivity contribution in [3.05, 3.63) is 54.4 Å². The number of aromatic nitrogens is 3. The van der Waals surface area contributed by atoms with Crippen LogP contribution < -0.4 is 5.32 Å². The summed E-state index contributed by atoms with van der Waals surface area (Å²) in [7, 11) is 0. The topological polar surface area (TPSA) is 80.2 Å². The van der Waals surface area contributed by atoms with Crippen LogP contribution in [0.25, 0.3) is 0 Å². The average Bonchev–Trinajstić information content (AvgIpc) is 3.01. The molecule has 0 saturated carbocycles. The Balaban J connectivity index is 1.48. The molecule has 2 aliphatic heterocycles. The van der Waals surface area contributed by atoms with Gasteiger partial charge in [0.2, 0.25) is 0 Å². The molecule has 2 aromatic rings. The Morgan fingerprint density at radius 2 is 2.24 bits per heavy atom. The van der Waals surface area contributed by atoms with Crippen molar-refractivity contribution in [3.63, 3.8) is 0 Å². The zero-order chi connectivity index (χ0) is 17.1. The Morgan fingerprint density at radius 1 is 1.28 bits per heavy atom. The van der Waals surface area contributed by atoms with Gasteiger partial charge in [-0.1, -0.05) is 6.07 Å². The maximum atomic E-state index is 12.4. The van der Waals surface area contributed by atoms with E-state index in [1.54, 1.807) is 6.20 Å². The molecule has 130 valence electrons. The summed E-state index contributed by atoms with van der Waals surface area (Å²) in [5.74, 6) is -0.203. The van der Waals surface area contributed by atoms with E-state index in [2.05, 4.69) is 25.2 Å². The number of hydrogen-bond acceptors (Lipinski definition) is 6. The molecule has 4 heterocycles. The number of amides is 1. The molecule has 3 atom stereocenters. The van der Waals surface area contributed by atoms with E-state index < -0.39 is 0 Å². The van der Waals surface area contributed by atoms with Crippen LogP contribution in [0.3, 0.4) is 0 Å². The van der Waals surface area contributed by atoms with Gasteiger partial charge in [0, 0.05) is 44.3 Å². The van der Waals surface area contributed by atoms with Gasteiger partial charge in [0.25, 0.3) is 5.91 Å². The second-order valence-electron chi connectivity index (χ2n) is 6.47. The molecule has 2 fully saturated rings. The smallest absolute Gasteiger partial charge is 0.271 e. The van der Waals surface area contributed by atoms with Gasteiger partial charge in [-0.25, -0.2) is 4.98 Å². The first-order valence-corrected chi connectivity index (χ1v) is 8.64. The number of carbonyl (C=O) groups is 1. The van der Waals surface area contributed by atoms with Crippen LogP contribution in [0.1, 0.15) is 29.0 Å². The third-order valence-electron chi connectivity index (χ3n) is 4.83. The molecular weight excluding hydrogens is 318 g/mol. The molecule has 0 aliphatic carbocycles.